The molecule has 0 aromatic carbocycles. The number of β-lactam (4-membered cyclic amide) rings is 1. The van der Waals surface area contributed by atoms with Gasteiger partial charge >= 0.3 is 35.5 Å². The van der Waals surface area contributed by atoms with Gasteiger partial charge in [-0.1, -0.05) is 6.58 Å². The molecule has 0 aromatic heterocycles. The average Bonchev–Trinajstić information content (AvgIpc) is 2.32. The molecule has 0 radical (unpaired) electrons. The van der Waals surface area contributed by atoms with Gasteiger partial charge in [0.25, 0.3) is 5.91 Å². The van der Waals surface area contributed by atoms with Crippen LogP contribution in [0.5, 0.6) is 0 Å². The monoisotopic (exact) mass is 323 g/mol. The largest absolute Gasteiger partial charge is 1.00 e. The molecule has 0 aromatic rings. The van der Waals surface area contributed by atoms with Gasteiger partial charge in [-0.15, -0.1) is 0 Å². The van der Waals surface area contributed by atoms with Crippen LogP contribution in [-0.4, -0.2) is 48.9 Å². The van der Waals surface area contributed by atoms with Crippen LogP contribution >= 0.6 is 0 Å². The molecule has 108 valence electrons. The first-order valence-corrected chi connectivity index (χ1v) is 7.19. The van der Waals surface area contributed by atoms with E-state index in [2.05, 4.69) is 11.3 Å². The van der Waals surface area contributed by atoms with Crippen molar-refractivity contribution in [3.05, 3.63) is 23.4 Å². The van der Waals surface area contributed by atoms with Gasteiger partial charge in [0, 0.05) is 18.1 Å². The van der Waals surface area contributed by atoms with Crippen molar-refractivity contribution < 1.29 is 62.2 Å². The van der Waals surface area contributed by atoms with Gasteiger partial charge in [0.2, 0.25) is 0 Å². The number of rotatable bonds is 3. The number of hydrogen-bond donors (Lipinski definition) is 0. The minimum absolute atomic E-state index is 0. The third-order valence-corrected chi connectivity index (χ3v) is 4.89. The van der Waals surface area contributed by atoms with Crippen LogP contribution in [0.3, 0.4) is 0 Å². The summed E-state index contributed by atoms with van der Waals surface area (Å²) in [6.07, 6.45) is 0. The van der Waals surface area contributed by atoms with Crippen LogP contribution in [0.1, 0.15) is 6.92 Å². The minimum atomic E-state index is -3.80. The van der Waals surface area contributed by atoms with Crippen molar-refractivity contribution in [3.63, 3.8) is 0 Å². The number of carbonyl (C=O) groups is 3. The molecule has 8 nitrogen and oxygen atoms in total. The van der Waals surface area contributed by atoms with E-state index in [4.69, 9.17) is 0 Å². The molecule has 2 heterocycles. The van der Waals surface area contributed by atoms with Crippen LogP contribution in [0, 0.1) is 0 Å². The maximum atomic E-state index is 12.0. The third-order valence-electron chi connectivity index (χ3n) is 2.96. The Hall–Kier alpha value is -1.16. The zero-order chi connectivity index (χ0) is 15.2. The SMILES string of the molecule is C=C1C(=O)N2C(C(=O)[O-])=C(COC(C)=O)CS(=O)(=O)[C@H]12.[Na+]. The fraction of sp³-hybridized carbons (Fsp3) is 0.364. The number of esters is 1. The Bertz CT molecular complexity index is 679. The Morgan fingerprint density at radius 3 is 2.52 bits per heavy atom. The van der Waals surface area contributed by atoms with E-state index in [0.29, 0.717) is 4.90 Å². The molecule has 0 spiro atoms. The Morgan fingerprint density at radius 2 is 2.05 bits per heavy atom. The zero-order valence-electron chi connectivity index (χ0n) is 11.4. The summed E-state index contributed by atoms with van der Waals surface area (Å²) in [7, 11) is -3.80. The van der Waals surface area contributed by atoms with E-state index < -0.39 is 51.1 Å². The van der Waals surface area contributed by atoms with Crippen LogP contribution in [0.4, 0.5) is 0 Å². The van der Waals surface area contributed by atoms with E-state index in [1.165, 1.54) is 0 Å². The molecule has 2 rings (SSSR count). The molecule has 21 heavy (non-hydrogen) atoms. The summed E-state index contributed by atoms with van der Waals surface area (Å²) in [4.78, 5) is 34.1. The van der Waals surface area contributed by atoms with Crippen molar-refractivity contribution in [2.24, 2.45) is 0 Å². The van der Waals surface area contributed by atoms with E-state index in [1.807, 2.05) is 0 Å². The number of ether oxygens (including phenoxy) is 1. The summed E-state index contributed by atoms with van der Waals surface area (Å²) >= 11 is 0. The number of fused-ring (bicyclic) bond motifs is 1. The van der Waals surface area contributed by atoms with Crippen LogP contribution < -0.4 is 34.7 Å². The van der Waals surface area contributed by atoms with E-state index in [-0.39, 0.29) is 40.7 Å². The van der Waals surface area contributed by atoms with Gasteiger partial charge in [-0.2, -0.15) is 0 Å². The molecule has 0 unspecified atom stereocenters. The molecule has 0 saturated carbocycles. The molecular formula is C11H10NNaO7S. The Kier molecular flexibility index (Phi) is 5.04. The summed E-state index contributed by atoms with van der Waals surface area (Å²) in [6.45, 7) is 3.89. The summed E-state index contributed by atoms with van der Waals surface area (Å²) in [5.74, 6) is -3.82. The first kappa shape index (κ1) is 17.9. The van der Waals surface area contributed by atoms with Crippen molar-refractivity contribution in [2.45, 2.75) is 12.3 Å². The predicted molar refractivity (Wildman–Crippen MR) is 62.2 cm³/mol. The molecule has 0 bridgehead atoms. The number of hydrogen-bond acceptors (Lipinski definition) is 7. The van der Waals surface area contributed by atoms with Gasteiger partial charge in [0.15, 0.2) is 15.2 Å². The number of carbonyl (C=O) groups excluding carboxylic acids is 3. The van der Waals surface area contributed by atoms with Crippen LogP contribution in [0.15, 0.2) is 23.4 Å². The number of carboxylic acid groups (broad SMARTS) is 1. The van der Waals surface area contributed by atoms with Gasteiger partial charge < -0.3 is 14.6 Å². The molecule has 1 atom stereocenters. The molecule has 1 saturated heterocycles. The van der Waals surface area contributed by atoms with E-state index in [1.54, 1.807) is 0 Å². The fourth-order valence-corrected chi connectivity index (χ4v) is 4.07. The second kappa shape index (κ2) is 5.91. The average molecular weight is 323 g/mol. The summed E-state index contributed by atoms with van der Waals surface area (Å²) in [5, 5.41) is 9.76. The fourth-order valence-electron chi connectivity index (χ4n) is 2.15. The molecule has 2 aliphatic rings. The number of sulfone groups is 1. The Labute approximate surface area is 142 Å². The van der Waals surface area contributed by atoms with Crippen molar-refractivity contribution in [1.29, 1.82) is 0 Å². The Morgan fingerprint density at radius 1 is 1.48 bits per heavy atom. The van der Waals surface area contributed by atoms with Gasteiger partial charge in [0.05, 0.1) is 17.4 Å². The van der Waals surface area contributed by atoms with Crippen molar-refractivity contribution in [1.82, 2.24) is 4.90 Å². The van der Waals surface area contributed by atoms with Gasteiger partial charge in [-0.05, 0) is 0 Å². The minimum Gasteiger partial charge on any atom is -0.543 e. The van der Waals surface area contributed by atoms with E-state index >= 15 is 0 Å². The zero-order valence-corrected chi connectivity index (χ0v) is 14.2. The molecular weight excluding hydrogens is 313 g/mol. The maximum absolute atomic E-state index is 12.0. The first-order chi connectivity index (χ1) is 9.16. The first-order valence-electron chi connectivity index (χ1n) is 5.47. The molecule has 0 aliphatic carbocycles. The maximum Gasteiger partial charge on any atom is 1.00 e. The second-order valence-electron chi connectivity index (χ2n) is 4.38. The summed E-state index contributed by atoms with van der Waals surface area (Å²) in [6, 6.07) is 0. The second-order valence-corrected chi connectivity index (χ2v) is 6.44. The molecule has 1 fully saturated rings. The van der Waals surface area contributed by atoms with Gasteiger partial charge in [-0.25, -0.2) is 8.42 Å². The molecule has 0 N–H and O–H groups in total. The molecule has 10 heteroatoms. The molecule has 2 aliphatic heterocycles. The number of amides is 1. The van der Waals surface area contributed by atoms with Gasteiger partial charge in [-0.3, -0.25) is 14.5 Å². The van der Waals surface area contributed by atoms with Crippen molar-refractivity contribution in [3.8, 4) is 0 Å². The topological polar surface area (TPSA) is 121 Å². The van der Waals surface area contributed by atoms with Crippen LogP contribution in [-0.2, 0) is 29.0 Å². The number of aliphatic carboxylic acids is 1. The smallest absolute Gasteiger partial charge is 0.543 e. The third kappa shape index (κ3) is 2.91. The summed E-state index contributed by atoms with van der Waals surface area (Å²) < 4.78 is 28.6. The van der Waals surface area contributed by atoms with Crippen molar-refractivity contribution >= 4 is 27.7 Å². The number of carboxylic acids is 1. The number of nitrogens with zero attached hydrogens (tertiary/aromatic N) is 1. The standard InChI is InChI=1S/C11H11NO7S.Na/c1-5-9(14)12-8(11(15)16)7(3-19-6(2)13)4-20(17,18)10(5)12;/h10H,1,3-4H2,2H3,(H,15,16);/q;+1/p-1/t10-;/m1./s1. The summed E-state index contributed by atoms with van der Waals surface area (Å²) in [5.41, 5.74) is -0.948. The Balaban J connectivity index is 0.00000220. The molecule has 1 amide bonds. The normalized spacial score (nSPS) is 22.9. The van der Waals surface area contributed by atoms with Crippen molar-refractivity contribution in [2.75, 3.05) is 12.4 Å². The van der Waals surface area contributed by atoms with Gasteiger partial charge in [0.1, 0.15) is 6.61 Å². The quantitative estimate of drug-likeness (QED) is 0.220. The van der Waals surface area contributed by atoms with E-state index in [9.17, 15) is 27.9 Å². The van der Waals surface area contributed by atoms with E-state index in [0.717, 1.165) is 6.92 Å². The predicted octanol–water partition coefficient (Wildman–Crippen LogP) is -5.29. The van der Waals surface area contributed by atoms with Crippen LogP contribution in [0.2, 0.25) is 0 Å². The van der Waals surface area contributed by atoms with Crippen LogP contribution in [0.25, 0.3) is 0 Å².